The summed E-state index contributed by atoms with van der Waals surface area (Å²) < 4.78 is 0. The number of nitrogens with one attached hydrogen (secondary N) is 1. The Morgan fingerprint density at radius 2 is 2.17 bits per heavy atom. The minimum atomic E-state index is 0.177. The van der Waals surface area contributed by atoms with E-state index in [2.05, 4.69) is 19.2 Å². The molecule has 2 unspecified atom stereocenters. The molecule has 3 heteroatoms. The van der Waals surface area contributed by atoms with Crippen LogP contribution in [0.25, 0.3) is 0 Å². The maximum absolute atomic E-state index is 12.0. The van der Waals surface area contributed by atoms with Crippen molar-refractivity contribution in [1.82, 2.24) is 5.32 Å². The summed E-state index contributed by atoms with van der Waals surface area (Å²) in [5, 5.41) is 11.8. The molecule has 0 aromatic carbocycles. The van der Waals surface area contributed by atoms with Crippen molar-refractivity contribution in [3.63, 3.8) is 0 Å². The second-order valence-corrected chi connectivity index (χ2v) is 6.47. The lowest BCUT2D eigenvalue weighted by Gasteiger charge is -2.38. The topological polar surface area (TPSA) is 49.3 Å². The van der Waals surface area contributed by atoms with Gasteiger partial charge in [0.05, 0.1) is 0 Å². The van der Waals surface area contributed by atoms with Crippen molar-refractivity contribution >= 4 is 5.91 Å². The first-order valence-electron chi connectivity index (χ1n) is 7.36. The highest BCUT2D eigenvalue weighted by Crippen LogP contribution is 2.42. The highest BCUT2D eigenvalue weighted by Gasteiger charge is 2.33. The molecular formula is C15H29NO2. The molecule has 2 atom stereocenters. The fraction of sp³-hybridized carbons (Fsp3) is 0.933. The lowest BCUT2D eigenvalue weighted by molar-refractivity contribution is -0.124. The average molecular weight is 255 g/mol. The van der Waals surface area contributed by atoms with Crippen LogP contribution in [-0.4, -0.2) is 23.7 Å². The molecule has 0 aromatic heterocycles. The largest absolute Gasteiger partial charge is 0.396 e. The van der Waals surface area contributed by atoms with Crippen molar-refractivity contribution in [2.45, 2.75) is 71.8 Å². The van der Waals surface area contributed by atoms with E-state index in [4.69, 9.17) is 5.11 Å². The van der Waals surface area contributed by atoms with E-state index in [-0.39, 0.29) is 18.6 Å². The van der Waals surface area contributed by atoms with Crippen LogP contribution < -0.4 is 5.32 Å². The van der Waals surface area contributed by atoms with Crippen LogP contribution in [0.1, 0.15) is 65.7 Å². The Morgan fingerprint density at radius 1 is 1.44 bits per heavy atom. The number of carbonyl (C=O) groups excluding carboxylic acids is 1. The molecule has 1 aliphatic carbocycles. The lowest BCUT2D eigenvalue weighted by atomic mass is 9.67. The SMILES string of the molecule is CC(CCCO)NC(=O)CC1CCCCC1(C)C. The zero-order valence-electron chi connectivity index (χ0n) is 12.2. The van der Waals surface area contributed by atoms with Crippen molar-refractivity contribution in [1.29, 1.82) is 0 Å². The van der Waals surface area contributed by atoms with Crippen molar-refractivity contribution in [2.75, 3.05) is 6.61 Å². The van der Waals surface area contributed by atoms with Crippen LogP contribution in [0.4, 0.5) is 0 Å². The van der Waals surface area contributed by atoms with Crippen LogP contribution in [-0.2, 0) is 4.79 Å². The zero-order valence-corrected chi connectivity index (χ0v) is 12.2. The zero-order chi connectivity index (χ0) is 13.6. The predicted molar refractivity (Wildman–Crippen MR) is 74.3 cm³/mol. The van der Waals surface area contributed by atoms with Gasteiger partial charge >= 0.3 is 0 Å². The molecular weight excluding hydrogens is 226 g/mol. The highest BCUT2D eigenvalue weighted by molar-refractivity contribution is 5.76. The Bertz CT molecular complexity index is 263. The molecule has 106 valence electrons. The number of carbonyl (C=O) groups is 1. The van der Waals surface area contributed by atoms with Gasteiger partial charge in [-0.3, -0.25) is 4.79 Å². The molecule has 0 saturated heterocycles. The molecule has 0 spiro atoms. The summed E-state index contributed by atoms with van der Waals surface area (Å²) in [5.41, 5.74) is 0.309. The van der Waals surface area contributed by atoms with Gasteiger partial charge in [-0.05, 0) is 43.9 Å². The Morgan fingerprint density at radius 3 is 2.78 bits per heavy atom. The number of rotatable bonds is 6. The fourth-order valence-corrected chi connectivity index (χ4v) is 2.97. The van der Waals surface area contributed by atoms with Crippen molar-refractivity contribution in [3.8, 4) is 0 Å². The van der Waals surface area contributed by atoms with E-state index in [1.165, 1.54) is 25.7 Å². The van der Waals surface area contributed by atoms with Gasteiger partial charge in [0, 0.05) is 19.1 Å². The molecule has 0 radical (unpaired) electrons. The monoisotopic (exact) mass is 255 g/mol. The molecule has 1 aliphatic rings. The first kappa shape index (κ1) is 15.5. The van der Waals surface area contributed by atoms with Gasteiger partial charge in [0.1, 0.15) is 0 Å². The van der Waals surface area contributed by atoms with E-state index >= 15 is 0 Å². The van der Waals surface area contributed by atoms with Crippen LogP contribution in [0.5, 0.6) is 0 Å². The minimum absolute atomic E-state index is 0.177. The van der Waals surface area contributed by atoms with E-state index in [0.717, 1.165) is 12.8 Å². The maximum atomic E-state index is 12.0. The van der Waals surface area contributed by atoms with Gasteiger partial charge in [-0.15, -0.1) is 0 Å². The summed E-state index contributed by atoms with van der Waals surface area (Å²) >= 11 is 0. The summed E-state index contributed by atoms with van der Waals surface area (Å²) in [6.07, 6.45) is 7.28. The van der Waals surface area contributed by atoms with E-state index in [1.807, 2.05) is 6.92 Å². The number of amides is 1. The first-order valence-corrected chi connectivity index (χ1v) is 7.36. The molecule has 3 nitrogen and oxygen atoms in total. The first-order chi connectivity index (χ1) is 8.45. The predicted octanol–water partition coefficient (Wildman–Crippen LogP) is 2.87. The van der Waals surface area contributed by atoms with E-state index in [1.54, 1.807) is 0 Å². The number of hydrogen-bond donors (Lipinski definition) is 2. The quantitative estimate of drug-likeness (QED) is 0.766. The van der Waals surface area contributed by atoms with Crippen LogP contribution in [0.3, 0.4) is 0 Å². The molecule has 0 bridgehead atoms. The van der Waals surface area contributed by atoms with Crippen LogP contribution in [0.2, 0.25) is 0 Å². The Hall–Kier alpha value is -0.570. The summed E-state index contributed by atoms with van der Waals surface area (Å²) in [6, 6.07) is 0.177. The molecule has 0 aromatic rings. The van der Waals surface area contributed by atoms with Crippen LogP contribution >= 0.6 is 0 Å². The summed E-state index contributed by atoms with van der Waals surface area (Å²) in [6.45, 7) is 6.80. The van der Waals surface area contributed by atoms with Gasteiger partial charge in [0.25, 0.3) is 0 Å². The maximum Gasteiger partial charge on any atom is 0.220 e. The van der Waals surface area contributed by atoms with Crippen molar-refractivity contribution in [2.24, 2.45) is 11.3 Å². The average Bonchev–Trinajstić information content (AvgIpc) is 2.29. The van der Waals surface area contributed by atoms with Gasteiger partial charge < -0.3 is 10.4 Å². The van der Waals surface area contributed by atoms with E-state index in [9.17, 15) is 4.79 Å². The minimum Gasteiger partial charge on any atom is -0.396 e. The second kappa shape index (κ2) is 7.13. The van der Waals surface area contributed by atoms with Crippen LogP contribution in [0, 0.1) is 11.3 Å². The summed E-state index contributed by atoms with van der Waals surface area (Å²) in [7, 11) is 0. The molecule has 1 saturated carbocycles. The number of aliphatic hydroxyl groups excluding tert-OH is 1. The third-order valence-electron chi connectivity index (χ3n) is 4.36. The third kappa shape index (κ3) is 4.97. The Balaban J connectivity index is 2.34. The standard InChI is InChI=1S/C15H29NO2/c1-12(7-6-10-17)16-14(18)11-13-8-4-5-9-15(13,2)3/h12-13,17H,4-11H2,1-3H3,(H,16,18). The molecule has 1 fully saturated rings. The van der Waals surface area contributed by atoms with Crippen molar-refractivity contribution < 1.29 is 9.90 Å². The van der Waals surface area contributed by atoms with Gasteiger partial charge in [-0.25, -0.2) is 0 Å². The highest BCUT2D eigenvalue weighted by atomic mass is 16.2. The lowest BCUT2D eigenvalue weighted by Crippen LogP contribution is -2.37. The van der Waals surface area contributed by atoms with Crippen LogP contribution in [0.15, 0.2) is 0 Å². The normalized spacial score (nSPS) is 24.6. The molecule has 2 N–H and O–H groups in total. The van der Waals surface area contributed by atoms with Gasteiger partial charge in [0.2, 0.25) is 5.91 Å². The Kier molecular flexibility index (Phi) is 6.13. The second-order valence-electron chi connectivity index (χ2n) is 6.47. The smallest absolute Gasteiger partial charge is 0.220 e. The van der Waals surface area contributed by atoms with E-state index < -0.39 is 0 Å². The molecule has 18 heavy (non-hydrogen) atoms. The van der Waals surface area contributed by atoms with Gasteiger partial charge in [-0.1, -0.05) is 26.7 Å². The van der Waals surface area contributed by atoms with Gasteiger partial charge in [-0.2, -0.15) is 0 Å². The van der Waals surface area contributed by atoms with Crippen molar-refractivity contribution in [3.05, 3.63) is 0 Å². The summed E-state index contributed by atoms with van der Waals surface area (Å²) in [5.74, 6) is 0.705. The molecule has 0 aliphatic heterocycles. The van der Waals surface area contributed by atoms with E-state index in [0.29, 0.717) is 17.8 Å². The molecule has 1 amide bonds. The Labute approximate surface area is 111 Å². The molecule has 1 rings (SSSR count). The molecule has 0 heterocycles. The summed E-state index contributed by atoms with van der Waals surface area (Å²) in [4.78, 5) is 12.0. The number of aliphatic hydroxyl groups is 1. The third-order valence-corrected chi connectivity index (χ3v) is 4.36. The number of hydrogen-bond acceptors (Lipinski definition) is 2. The van der Waals surface area contributed by atoms with Gasteiger partial charge in [0.15, 0.2) is 0 Å². The fourth-order valence-electron chi connectivity index (χ4n) is 2.97.